The van der Waals surface area contributed by atoms with E-state index >= 15 is 4.39 Å². The molecule has 1 atom stereocenters. The third kappa shape index (κ3) is 6.51. The largest absolute Gasteiger partial charge is 0.369 e. The summed E-state index contributed by atoms with van der Waals surface area (Å²) in [6, 6.07) is 11.0. The van der Waals surface area contributed by atoms with Gasteiger partial charge in [-0.25, -0.2) is 9.37 Å². The molecule has 1 aliphatic heterocycles. The number of benzene rings is 2. The lowest BCUT2D eigenvalue weighted by Crippen LogP contribution is -2.30. The zero-order valence-corrected chi connectivity index (χ0v) is 29.6. The predicted octanol–water partition coefficient (Wildman–Crippen LogP) is 7.70. The van der Waals surface area contributed by atoms with Crippen LogP contribution < -0.4 is 4.90 Å². The maximum Gasteiger partial charge on any atom is 0.263 e. The van der Waals surface area contributed by atoms with Crippen molar-refractivity contribution in [3.63, 3.8) is 0 Å². The third-order valence-corrected chi connectivity index (χ3v) is 10.8. The van der Waals surface area contributed by atoms with E-state index in [1.165, 1.54) is 6.07 Å². The fourth-order valence-electron chi connectivity index (χ4n) is 5.57. The normalized spacial score (nSPS) is 15.7. The molecule has 44 heavy (non-hydrogen) atoms. The third-order valence-electron chi connectivity index (χ3n) is 7.99. The zero-order valence-electron chi connectivity index (χ0n) is 26.3. The molecule has 0 aliphatic carbocycles. The van der Waals surface area contributed by atoms with Crippen LogP contribution in [-0.4, -0.2) is 58.9 Å². The average Bonchev–Trinajstić information content (AvgIpc) is 3.59. The molecule has 2 aromatic heterocycles. The van der Waals surface area contributed by atoms with E-state index in [9.17, 15) is 4.79 Å². The molecule has 1 aliphatic rings. The summed E-state index contributed by atoms with van der Waals surface area (Å²) >= 11 is 9.84. The molecular formula is C32H39BrClFN6O2Si. The van der Waals surface area contributed by atoms with Crippen molar-refractivity contribution < 1.29 is 13.9 Å². The first-order valence-electron chi connectivity index (χ1n) is 14.7. The van der Waals surface area contributed by atoms with Crippen molar-refractivity contribution in [2.24, 2.45) is 7.05 Å². The second-order valence-electron chi connectivity index (χ2n) is 12.8. The van der Waals surface area contributed by atoms with Crippen molar-refractivity contribution in [1.82, 2.24) is 24.2 Å². The fourth-order valence-corrected chi connectivity index (χ4v) is 6.75. The Kier molecular flexibility index (Phi) is 9.41. The van der Waals surface area contributed by atoms with Crippen LogP contribution in [0.15, 0.2) is 57.9 Å². The molecule has 1 amide bonds. The molecule has 0 saturated carbocycles. The highest BCUT2D eigenvalue weighted by Crippen LogP contribution is 2.44. The number of imidazole rings is 1. The lowest BCUT2D eigenvalue weighted by molar-refractivity contribution is 0.0898. The molecule has 4 aromatic rings. The molecule has 0 bridgehead atoms. The van der Waals surface area contributed by atoms with Gasteiger partial charge in [0.25, 0.3) is 5.91 Å². The monoisotopic (exact) mass is 700 g/mol. The molecule has 5 rings (SSSR count). The van der Waals surface area contributed by atoms with Gasteiger partial charge in [-0.05, 0) is 61.7 Å². The predicted molar refractivity (Wildman–Crippen MR) is 180 cm³/mol. The number of allylic oxidation sites excluding steroid dienone is 1. The number of carbonyl (C=O) groups excluding carboxylic acids is 1. The van der Waals surface area contributed by atoms with Gasteiger partial charge in [0.15, 0.2) is 0 Å². The number of hydrogen-bond donors (Lipinski definition) is 0. The van der Waals surface area contributed by atoms with E-state index in [1.807, 2.05) is 55.7 Å². The van der Waals surface area contributed by atoms with Crippen molar-refractivity contribution in [1.29, 1.82) is 0 Å². The van der Waals surface area contributed by atoms with Crippen molar-refractivity contribution in [2.75, 3.05) is 25.6 Å². The molecule has 0 fully saturated rings. The summed E-state index contributed by atoms with van der Waals surface area (Å²) in [7, 11) is 4.44. The highest BCUT2D eigenvalue weighted by molar-refractivity contribution is 9.10. The Hall–Kier alpha value is -2.99. The molecular weight excluding hydrogens is 663 g/mol. The summed E-state index contributed by atoms with van der Waals surface area (Å²) in [6.07, 6.45) is 2.96. The van der Waals surface area contributed by atoms with Crippen molar-refractivity contribution in [3.8, 4) is 0 Å². The van der Waals surface area contributed by atoms with Crippen LogP contribution in [0.4, 0.5) is 10.1 Å². The van der Waals surface area contributed by atoms with Gasteiger partial charge in [0, 0.05) is 51.5 Å². The summed E-state index contributed by atoms with van der Waals surface area (Å²) in [5, 5.41) is 5.47. The minimum Gasteiger partial charge on any atom is -0.369 e. The minimum atomic E-state index is -1.19. The zero-order chi connectivity index (χ0) is 31.9. The van der Waals surface area contributed by atoms with Crippen LogP contribution in [0.3, 0.4) is 0 Å². The minimum absolute atomic E-state index is 0.218. The number of aromatic nitrogens is 4. The quantitative estimate of drug-likeness (QED) is 0.0912. The molecule has 3 heterocycles. The van der Waals surface area contributed by atoms with E-state index < -0.39 is 19.9 Å². The number of amides is 1. The van der Waals surface area contributed by atoms with Gasteiger partial charge in [-0.15, -0.1) is 0 Å². The molecule has 1 unspecified atom stereocenters. The Bertz CT molecular complexity index is 1740. The molecule has 8 nitrogen and oxygen atoms in total. The Morgan fingerprint density at radius 2 is 1.93 bits per heavy atom. The Morgan fingerprint density at radius 3 is 2.61 bits per heavy atom. The number of ether oxygens (including phenoxy) is 1. The average molecular weight is 702 g/mol. The van der Waals surface area contributed by atoms with E-state index in [-0.39, 0.29) is 5.91 Å². The molecule has 234 valence electrons. The van der Waals surface area contributed by atoms with Gasteiger partial charge in [0.2, 0.25) is 0 Å². The van der Waals surface area contributed by atoms with Crippen molar-refractivity contribution in [3.05, 3.63) is 86.3 Å². The van der Waals surface area contributed by atoms with Crippen molar-refractivity contribution in [2.45, 2.75) is 58.2 Å². The van der Waals surface area contributed by atoms with E-state index in [4.69, 9.17) is 21.4 Å². The van der Waals surface area contributed by atoms with Crippen LogP contribution >= 0.6 is 27.5 Å². The summed E-state index contributed by atoms with van der Waals surface area (Å²) in [5.74, 6) is -0.635. The summed E-state index contributed by atoms with van der Waals surface area (Å²) in [5.41, 5.74) is 5.47. The molecule has 0 N–H and O–H groups in total. The summed E-state index contributed by atoms with van der Waals surface area (Å²) in [6.45, 7) is 10.1. The Balaban J connectivity index is 1.51. The molecule has 0 saturated heterocycles. The molecule has 0 radical (unpaired) electrons. The number of anilines is 1. The first-order valence-corrected chi connectivity index (χ1v) is 19.5. The first-order chi connectivity index (χ1) is 20.8. The summed E-state index contributed by atoms with van der Waals surface area (Å²) in [4.78, 5) is 22.4. The van der Waals surface area contributed by atoms with Crippen molar-refractivity contribution >= 4 is 58.2 Å². The van der Waals surface area contributed by atoms with Crippen LogP contribution in [0.2, 0.25) is 25.7 Å². The Morgan fingerprint density at radius 1 is 1.18 bits per heavy atom. The van der Waals surface area contributed by atoms with E-state index in [0.717, 1.165) is 28.3 Å². The van der Waals surface area contributed by atoms with Gasteiger partial charge in [-0.2, -0.15) is 5.10 Å². The lowest BCUT2D eigenvalue weighted by atomic mass is 10.0. The van der Waals surface area contributed by atoms with E-state index in [1.54, 1.807) is 28.0 Å². The second-order valence-corrected chi connectivity index (χ2v) is 19.7. The maximum absolute atomic E-state index is 15.6. The van der Waals surface area contributed by atoms with Gasteiger partial charge >= 0.3 is 0 Å². The number of nitrogens with zero attached hydrogens (tertiary/aromatic N) is 6. The fraction of sp³-hybridized carbons (Fsp3) is 0.406. The number of carbonyl (C=O) groups is 1. The first kappa shape index (κ1) is 32.4. The number of rotatable bonds is 11. The standard InChI is InChI=1S/C32H39BrClFN6O2Si/c1-20(31(34)38(2)3)8-12-27-28-29(37-39(27)4)30(23-11-9-21(33)16-24(23)35)41(32(28)42)22-10-13-26-25(17-22)36-18-40(26)19-43-14-15-44(5,6)7/h9-11,13,16-18,30H,8,12,14-15,19H2,1-7H3/b31-20+. The molecule has 0 spiro atoms. The van der Waals surface area contributed by atoms with Gasteiger partial charge in [0.1, 0.15) is 29.4 Å². The van der Waals surface area contributed by atoms with Gasteiger partial charge in [-0.3, -0.25) is 14.4 Å². The van der Waals surface area contributed by atoms with Gasteiger partial charge < -0.3 is 14.2 Å². The number of fused-ring (bicyclic) bond motifs is 2. The van der Waals surface area contributed by atoms with Crippen LogP contribution in [0.25, 0.3) is 11.0 Å². The number of hydrogen-bond acceptors (Lipinski definition) is 5. The smallest absolute Gasteiger partial charge is 0.263 e. The lowest BCUT2D eigenvalue weighted by Gasteiger charge is -2.26. The maximum atomic E-state index is 15.6. The van der Waals surface area contributed by atoms with Crippen LogP contribution in [0.1, 0.15) is 46.7 Å². The topological polar surface area (TPSA) is 68.4 Å². The van der Waals surface area contributed by atoms with Gasteiger partial charge in [0.05, 0.1) is 28.6 Å². The highest BCUT2D eigenvalue weighted by atomic mass is 79.9. The van der Waals surface area contributed by atoms with Crippen LogP contribution in [-0.2, 0) is 24.9 Å². The Labute approximate surface area is 272 Å². The number of halogens is 3. The SMILES string of the molecule is C/C(CCc1c2c(nn1C)C(c1ccc(Br)cc1F)N(c1ccc3c(c1)ncn3COCC[Si](C)(C)C)C2=O)=C(/Cl)N(C)C. The summed E-state index contributed by atoms with van der Waals surface area (Å²) < 4.78 is 25.8. The second kappa shape index (κ2) is 12.8. The molecule has 2 aromatic carbocycles. The molecule has 12 heteroatoms. The highest BCUT2D eigenvalue weighted by Gasteiger charge is 2.44. The van der Waals surface area contributed by atoms with Gasteiger partial charge in [-0.1, -0.05) is 53.2 Å². The number of aryl methyl sites for hydroxylation is 1. The van der Waals surface area contributed by atoms with Crippen LogP contribution in [0.5, 0.6) is 0 Å². The van der Waals surface area contributed by atoms with E-state index in [2.05, 4.69) is 40.6 Å². The van der Waals surface area contributed by atoms with E-state index in [0.29, 0.717) is 58.3 Å². The van der Waals surface area contributed by atoms with Crippen LogP contribution in [0, 0.1) is 5.82 Å².